The molecule has 0 aromatic heterocycles. The molecular formula is C12H20IrO2. The Morgan fingerprint density at radius 3 is 0.667 bits per heavy atom. The van der Waals surface area contributed by atoms with Gasteiger partial charge in [-0.3, -0.25) is 0 Å². The zero-order chi connectivity index (χ0) is 11.9. The Hall–Kier alpha value is 0.129. The third kappa shape index (κ3) is 5.13. The summed E-state index contributed by atoms with van der Waals surface area (Å²) in [6.45, 7) is 21.0. The zero-order valence-electron chi connectivity index (χ0n) is 10.0. The molecular weight excluding hydrogens is 368 g/mol. The second kappa shape index (κ2) is 10.6. The minimum absolute atomic E-state index is 0. The van der Waals surface area contributed by atoms with Gasteiger partial charge in [-0.15, -0.1) is 0 Å². The van der Waals surface area contributed by atoms with Crippen molar-refractivity contribution in [3.8, 4) is 0 Å². The van der Waals surface area contributed by atoms with E-state index in [0.29, 0.717) is 0 Å². The molecule has 0 aliphatic heterocycles. The molecule has 0 amide bonds. The first-order chi connectivity index (χ1) is 6.55. The van der Waals surface area contributed by atoms with E-state index in [2.05, 4.69) is 47.9 Å². The standard InChI is InChI=1S/C10H20.2CO.Ir/c1-6-7(2)9(4)10(5)8(6)3;2*1-2;/h6-10H,1-5H3;;;. The Morgan fingerprint density at radius 1 is 0.533 bits per heavy atom. The van der Waals surface area contributed by atoms with Crippen LogP contribution in [0.25, 0.3) is 0 Å². The van der Waals surface area contributed by atoms with Gasteiger partial charge in [-0.05, 0) is 29.6 Å². The Kier molecular flexibility index (Phi) is 14.6. The van der Waals surface area contributed by atoms with Gasteiger partial charge in [0.1, 0.15) is 0 Å². The van der Waals surface area contributed by atoms with Crippen molar-refractivity contribution >= 4 is 0 Å². The Bertz CT molecular complexity index is 138. The molecule has 1 radical (unpaired) electrons. The normalized spacial score (nSPS) is 37.3. The van der Waals surface area contributed by atoms with Crippen LogP contribution in [-0.2, 0) is 29.4 Å². The predicted molar refractivity (Wildman–Crippen MR) is 53.7 cm³/mol. The summed E-state index contributed by atoms with van der Waals surface area (Å²) in [5.74, 6) is 4.68. The average molecular weight is 389 g/mol. The van der Waals surface area contributed by atoms with Crippen molar-refractivity contribution in [3.63, 3.8) is 0 Å². The van der Waals surface area contributed by atoms with Gasteiger partial charge in [0.15, 0.2) is 0 Å². The quantitative estimate of drug-likeness (QED) is 0.452. The van der Waals surface area contributed by atoms with E-state index in [9.17, 15) is 0 Å². The second-order valence-electron chi connectivity index (χ2n) is 4.30. The molecule has 1 aliphatic rings. The Morgan fingerprint density at radius 2 is 0.600 bits per heavy atom. The van der Waals surface area contributed by atoms with Crippen LogP contribution in [0.15, 0.2) is 0 Å². The van der Waals surface area contributed by atoms with Crippen molar-refractivity contribution in [2.75, 3.05) is 0 Å². The van der Waals surface area contributed by atoms with Gasteiger partial charge in [0.25, 0.3) is 0 Å². The molecule has 0 atom stereocenters. The molecule has 1 aliphatic carbocycles. The number of hydrogen-bond acceptors (Lipinski definition) is 0. The van der Waals surface area contributed by atoms with Crippen LogP contribution in [0.4, 0.5) is 0 Å². The summed E-state index contributed by atoms with van der Waals surface area (Å²) in [6, 6.07) is 0. The maximum atomic E-state index is 7.50. The van der Waals surface area contributed by atoms with Crippen molar-refractivity contribution in [1.29, 1.82) is 0 Å². The van der Waals surface area contributed by atoms with E-state index in [1.807, 2.05) is 0 Å². The smallest absolute Gasteiger partial charge is 0 e. The molecule has 1 saturated carbocycles. The monoisotopic (exact) mass is 389 g/mol. The van der Waals surface area contributed by atoms with Crippen LogP contribution in [0.2, 0.25) is 0 Å². The van der Waals surface area contributed by atoms with Crippen molar-refractivity contribution in [2.45, 2.75) is 34.6 Å². The minimum atomic E-state index is 0. The molecule has 0 saturated heterocycles. The van der Waals surface area contributed by atoms with Gasteiger partial charge in [0.05, 0.1) is 0 Å². The van der Waals surface area contributed by atoms with E-state index in [4.69, 9.17) is 9.30 Å². The molecule has 15 heavy (non-hydrogen) atoms. The third-order valence-electron chi connectivity index (χ3n) is 4.15. The fourth-order valence-electron chi connectivity index (χ4n) is 2.39. The molecule has 1 rings (SSSR count). The summed E-state index contributed by atoms with van der Waals surface area (Å²) in [5.41, 5.74) is 0. The zero-order valence-corrected chi connectivity index (χ0v) is 12.4. The summed E-state index contributed by atoms with van der Waals surface area (Å²) >= 11 is 0. The maximum absolute atomic E-state index is 7.50. The van der Waals surface area contributed by atoms with Crippen LogP contribution >= 0.6 is 0 Å². The van der Waals surface area contributed by atoms with Crippen molar-refractivity contribution in [1.82, 2.24) is 0 Å². The molecule has 0 spiro atoms. The molecule has 0 unspecified atom stereocenters. The van der Waals surface area contributed by atoms with E-state index in [1.54, 1.807) is 0 Å². The second-order valence-corrected chi connectivity index (χ2v) is 4.30. The number of hydrogen-bond donors (Lipinski definition) is 0. The topological polar surface area (TPSA) is 39.8 Å². The van der Waals surface area contributed by atoms with Crippen molar-refractivity contribution in [2.24, 2.45) is 29.6 Å². The molecule has 0 N–H and O–H groups in total. The first kappa shape index (κ1) is 20.5. The molecule has 0 bridgehead atoms. The van der Waals surface area contributed by atoms with E-state index < -0.39 is 0 Å². The maximum Gasteiger partial charge on any atom is 0 e. The number of rotatable bonds is 0. The predicted octanol–water partition coefficient (Wildman–Crippen LogP) is 3.10. The summed E-state index contributed by atoms with van der Waals surface area (Å²) in [4.78, 5) is 0. The van der Waals surface area contributed by atoms with Crippen molar-refractivity contribution in [3.05, 3.63) is 13.3 Å². The van der Waals surface area contributed by atoms with Crippen LogP contribution in [0.1, 0.15) is 34.6 Å². The summed E-state index contributed by atoms with van der Waals surface area (Å²) in [7, 11) is 0. The Labute approximate surface area is 107 Å². The van der Waals surface area contributed by atoms with Gasteiger partial charge in [-0.2, -0.15) is 0 Å². The molecule has 0 heterocycles. The molecule has 1 fully saturated rings. The minimum Gasteiger partial charge on any atom is 0 e. The summed E-state index contributed by atoms with van der Waals surface area (Å²) in [5, 5.41) is 0. The fraction of sp³-hybridized carbons (Fsp3) is 0.833. The van der Waals surface area contributed by atoms with Crippen LogP contribution in [0.3, 0.4) is 0 Å². The van der Waals surface area contributed by atoms with Gasteiger partial charge in [0, 0.05) is 20.1 Å². The first-order valence-corrected chi connectivity index (χ1v) is 4.96. The van der Waals surface area contributed by atoms with E-state index in [1.165, 1.54) is 0 Å². The summed E-state index contributed by atoms with van der Waals surface area (Å²) < 4.78 is 15.0. The van der Waals surface area contributed by atoms with Crippen LogP contribution < -0.4 is 0 Å². The van der Waals surface area contributed by atoms with Gasteiger partial charge in [0.2, 0.25) is 0 Å². The molecule has 89 valence electrons. The van der Waals surface area contributed by atoms with Crippen LogP contribution in [0, 0.1) is 42.9 Å². The van der Waals surface area contributed by atoms with Gasteiger partial charge < -0.3 is 0 Å². The van der Waals surface area contributed by atoms with Gasteiger partial charge >= 0.3 is 22.6 Å². The SMILES string of the molecule is CC1C(C)C(C)C(C)C1C.[C-]#[O+].[C-]#[O+].[Ir]. The van der Waals surface area contributed by atoms with Crippen LogP contribution in [0.5, 0.6) is 0 Å². The summed E-state index contributed by atoms with van der Waals surface area (Å²) in [6.07, 6.45) is 0. The molecule has 3 heteroatoms. The van der Waals surface area contributed by atoms with Crippen LogP contribution in [-0.4, -0.2) is 0 Å². The first-order valence-electron chi connectivity index (χ1n) is 4.96. The molecule has 0 aromatic carbocycles. The fourth-order valence-corrected chi connectivity index (χ4v) is 2.39. The van der Waals surface area contributed by atoms with E-state index in [-0.39, 0.29) is 20.1 Å². The largest absolute Gasteiger partial charge is 0 e. The average Bonchev–Trinajstić information content (AvgIpc) is 2.42. The third-order valence-corrected chi connectivity index (χ3v) is 4.15. The Balaban J connectivity index is -0.000000258. The van der Waals surface area contributed by atoms with Gasteiger partial charge in [-0.25, -0.2) is 0 Å². The van der Waals surface area contributed by atoms with Gasteiger partial charge in [-0.1, -0.05) is 34.6 Å². The van der Waals surface area contributed by atoms with Crippen molar-refractivity contribution < 1.29 is 29.4 Å². The van der Waals surface area contributed by atoms with E-state index in [0.717, 1.165) is 29.6 Å². The molecule has 2 nitrogen and oxygen atoms in total. The van der Waals surface area contributed by atoms with E-state index >= 15 is 0 Å². The molecule has 0 aromatic rings.